The first kappa shape index (κ1) is 17.0. The zero-order chi connectivity index (χ0) is 16.8. The second-order valence-electron chi connectivity index (χ2n) is 5.67. The van der Waals surface area contributed by atoms with Crippen LogP contribution >= 0.6 is 0 Å². The van der Waals surface area contributed by atoms with Crippen LogP contribution in [-0.4, -0.2) is 19.3 Å². The van der Waals surface area contributed by atoms with Crippen molar-refractivity contribution < 1.29 is 9.53 Å². The summed E-state index contributed by atoms with van der Waals surface area (Å²) in [5, 5.41) is 5.91. The van der Waals surface area contributed by atoms with Gasteiger partial charge in [0.25, 0.3) is 5.91 Å². The zero-order valence-electron chi connectivity index (χ0n) is 14.2. The quantitative estimate of drug-likeness (QED) is 0.636. The van der Waals surface area contributed by atoms with Crippen molar-refractivity contribution in [1.29, 1.82) is 0 Å². The fourth-order valence-electron chi connectivity index (χ4n) is 2.30. The number of carbonyl (C=O) groups excluding carboxylic acids is 1. The van der Waals surface area contributed by atoms with Crippen LogP contribution in [0, 0.1) is 27.7 Å². The summed E-state index contributed by atoms with van der Waals surface area (Å²) in [6, 6.07) is 11.7. The van der Waals surface area contributed by atoms with Crippen LogP contribution in [0.4, 0.5) is 0 Å². The molecule has 2 rings (SSSR count). The molecule has 4 heteroatoms. The molecule has 0 saturated heterocycles. The number of hydrogen-bond acceptors (Lipinski definition) is 3. The van der Waals surface area contributed by atoms with E-state index in [1.54, 1.807) is 0 Å². The summed E-state index contributed by atoms with van der Waals surface area (Å²) in [7, 11) is 0. The maximum atomic E-state index is 12.2. The summed E-state index contributed by atoms with van der Waals surface area (Å²) in [4.78, 5) is 12.2. The molecule has 0 fully saturated rings. The van der Waals surface area contributed by atoms with Gasteiger partial charge < -0.3 is 10.1 Å². The average Bonchev–Trinajstić information content (AvgIpc) is 2.53. The van der Waals surface area contributed by atoms with Gasteiger partial charge in [-0.25, -0.2) is 0 Å². The maximum absolute atomic E-state index is 12.2. The summed E-state index contributed by atoms with van der Waals surface area (Å²) >= 11 is 0. The second-order valence-corrected chi connectivity index (χ2v) is 5.67. The molecule has 2 aromatic carbocycles. The molecule has 0 aliphatic heterocycles. The van der Waals surface area contributed by atoms with Gasteiger partial charge in [0, 0.05) is 5.56 Å². The van der Waals surface area contributed by atoms with Crippen molar-refractivity contribution in [2.45, 2.75) is 27.7 Å². The minimum atomic E-state index is -0.0783. The van der Waals surface area contributed by atoms with Crippen LogP contribution in [0.2, 0.25) is 0 Å². The Morgan fingerprint density at radius 3 is 2.35 bits per heavy atom. The number of ether oxygens (including phenoxy) is 1. The Labute approximate surface area is 137 Å². The Morgan fingerprint density at radius 1 is 0.957 bits per heavy atom. The summed E-state index contributed by atoms with van der Waals surface area (Å²) in [6.45, 7) is 8.76. The lowest BCUT2D eigenvalue weighted by molar-refractivity contribution is 0.0946. The van der Waals surface area contributed by atoms with E-state index in [4.69, 9.17) is 4.74 Å². The van der Waals surface area contributed by atoms with Crippen LogP contribution < -0.4 is 15.4 Å². The van der Waals surface area contributed by atoms with Crippen molar-refractivity contribution in [2.24, 2.45) is 0 Å². The number of amides is 1. The Bertz CT molecular complexity index is 696. The number of aryl methyl sites for hydroxylation is 2. The minimum Gasteiger partial charge on any atom is -0.478 e. The van der Waals surface area contributed by atoms with E-state index in [0.717, 1.165) is 22.4 Å². The normalized spacial score (nSPS) is 10.4. The fraction of sp³-hybridized carbons (Fsp3) is 0.316. The van der Waals surface area contributed by atoms with Gasteiger partial charge in [0.1, 0.15) is 12.5 Å². The Kier molecular flexibility index (Phi) is 5.77. The molecule has 122 valence electrons. The first-order valence-electron chi connectivity index (χ1n) is 7.75. The highest BCUT2D eigenvalue weighted by Gasteiger charge is 2.09. The van der Waals surface area contributed by atoms with E-state index < -0.39 is 0 Å². The van der Waals surface area contributed by atoms with Gasteiger partial charge in [-0.1, -0.05) is 24.3 Å². The van der Waals surface area contributed by atoms with Crippen molar-refractivity contribution >= 4 is 5.91 Å². The predicted molar refractivity (Wildman–Crippen MR) is 92.8 cm³/mol. The van der Waals surface area contributed by atoms with Crippen molar-refractivity contribution in [3.05, 3.63) is 64.2 Å². The molecule has 0 aliphatic carbocycles. The fourth-order valence-corrected chi connectivity index (χ4v) is 2.30. The molecule has 23 heavy (non-hydrogen) atoms. The molecular weight excluding hydrogens is 288 g/mol. The summed E-state index contributed by atoms with van der Waals surface area (Å²) in [6.07, 6.45) is 0. The topological polar surface area (TPSA) is 50.4 Å². The van der Waals surface area contributed by atoms with Gasteiger partial charge in [0.2, 0.25) is 0 Å². The lowest BCUT2D eigenvalue weighted by atomic mass is 10.0. The largest absolute Gasteiger partial charge is 0.478 e. The highest BCUT2D eigenvalue weighted by molar-refractivity contribution is 5.95. The van der Waals surface area contributed by atoms with Gasteiger partial charge >= 0.3 is 0 Å². The number of benzene rings is 2. The number of hydrogen-bond donors (Lipinski definition) is 2. The molecule has 2 N–H and O–H groups in total. The van der Waals surface area contributed by atoms with Gasteiger partial charge in [0.15, 0.2) is 0 Å². The molecule has 0 saturated carbocycles. The lowest BCUT2D eigenvalue weighted by Gasteiger charge is -2.13. The van der Waals surface area contributed by atoms with Crippen LogP contribution in [0.1, 0.15) is 32.6 Å². The Morgan fingerprint density at radius 2 is 1.61 bits per heavy atom. The van der Waals surface area contributed by atoms with E-state index in [0.29, 0.717) is 19.0 Å². The second kappa shape index (κ2) is 7.79. The minimum absolute atomic E-state index is 0.0783. The monoisotopic (exact) mass is 312 g/mol. The Balaban J connectivity index is 1.78. The molecule has 0 atom stereocenters. The van der Waals surface area contributed by atoms with Crippen molar-refractivity contribution in [3.8, 4) is 5.75 Å². The molecule has 0 aromatic heterocycles. The van der Waals surface area contributed by atoms with E-state index in [2.05, 4.69) is 23.6 Å². The maximum Gasteiger partial charge on any atom is 0.252 e. The molecule has 0 spiro atoms. The van der Waals surface area contributed by atoms with Crippen LogP contribution in [0.3, 0.4) is 0 Å². The predicted octanol–water partition coefficient (Wildman–Crippen LogP) is 3.23. The molecule has 1 amide bonds. The van der Waals surface area contributed by atoms with Gasteiger partial charge in [0.05, 0.1) is 6.67 Å². The zero-order valence-corrected chi connectivity index (χ0v) is 14.2. The van der Waals surface area contributed by atoms with E-state index in [1.807, 2.05) is 51.1 Å². The van der Waals surface area contributed by atoms with Crippen LogP contribution in [0.25, 0.3) is 0 Å². The van der Waals surface area contributed by atoms with Crippen LogP contribution in [0.5, 0.6) is 5.75 Å². The number of nitrogens with one attached hydrogen (secondary N) is 2. The van der Waals surface area contributed by atoms with Gasteiger partial charge in [-0.05, 0) is 62.1 Å². The molecule has 0 heterocycles. The van der Waals surface area contributed by atoms with Gasteiger partial charge in [-0.3, -0.25) is 10.1 Å². The molecule has 0 radical (unpaired) electrons. The molecule has 4 nitrogen and oxygen atoms in total. The van der Waals surface area contributed by atoms with E-state index >= 15 is 0 Å². The first-order valence-corrected chi connectivity index (χ1v) is 7.75. The molecule has 0 aliphatic rings. The van der Waals surface area contributed by atoms with Gasteiger partial charge in [-0.2, -0.15) is 0 Å². The molecule has 0 bridgehead atoms. The molecule has 0 unspecified atom stereocenters. The summed E-state index contributed by atoms with van der Waals surface area (Å²) in [5.74, 6) is 0.781. The number of rotatable bonds is 6. The van der Waals surface area contributed by atoms with E-state index in [-0.39, 0.29) is 5.91 Å². The third kappa shape index (κ3) is 4.33. The Hall–Kier alpha value is -2.33. The highest BCUT2D eigenvalue weighted by atomic mass is 16.5. The van der Waals surface area contributed by atoms with Crippen LogP contribution in [-0.2, 0) is 0 Å². The van der Waals surface area contributed by atoms with Crippen molar-refractivity contribution in [1.82, 2.24) is 10.6 Å². The van der Waals surface area contributed by atoms with Crippen molar-refractivity contribution in [2.75, 3.05) is 13.4 Å². The first-order chi connectivity index (χ1) is 11.0. The van der Waals surface area contributed by atoms with Gasteiger partial charge in [-0.15, -0.1) is 0 Å². The summed E-state index contributed by atoms with van der Waals surface area (Å²) in [5.41, 5.74) is 5.17. The van der Waals surface area contributed by atoms with Crippen LogP contribution in [0.15, 0.2) is 36.4 Å². The average molecular weight is 312 g/mol. The third-order valence-corrected chi connectivity index (χ3v) is 4.11. The van der Waals surface area contributed by atoms with Crippen molar-refractivity contribution in [3.63, 3.8) is 0 Å². The van der Waals surface area contributed by atoms with E-state index in [9.17, 15) is 4.79 Å². The molecular formula is C19H24N2O2. The van der Waals surface area contributed by atoms with E-state index in [1.165, 1.54) is 5.56 Å². The third-order valence-electron chi connectivity index (χ3n) is 4.11. The number of carbonyl (C=O) groups is 1. The standard InChI is InChI=1S/C19H24N2O2/c1-13-7-5-9-17(15(13)3)19(22)21-11-20-12-23-18-10-6-8-14(2)16(18)4/h5-10,20H,11-12H2,1-4H3,(H,21,22). The summed E-state index contributed by atoms with van der Waals surface area (Å²) < 4.78 is 5.69. The lowest BCUT2D eigenvalue weighted by Crippen LogP contribution is -2.36. The SMILES string of the molecule is Cc1cccc(OCNCNC(=O)c2cccc(C)c2C)c1C. The smallest absolute Gasteiger partial charge is 0.252 e. The molecule has 2 aromatic rings. The highest BCUT2D eigenvalue weighted by Crippen LogP contribution is 2.19.